The van der Waals surface area contributed by atoms with E-state index in [0.717, 1.165) is 10.8 Å². The summed E-state index contributed by atoms with van der Waals surface area (Å²) in [7, 11) is 3.41. The summed E-state index contributed by atoms with van der Waals surface area (Å²) >= 11 is 5.46. The summed E-state index contributed by atoms with van der Waals surface area (Å²) in [5, 5.41) is 21.8. The average Bonchev–Trinajstić information content (AvgIpc) is 3.13. The van der Waals surface area contributed by atoms with Gasteiger partial charge in [-0.2, -0.15) is 5.10 Å². The number of benzene rings is 3. The fourth-order valence-corrected chi connectivity index (χ4v) is 3.60. The lowest BCUT2D eigenvalue weighted by Crippen LogP contribution is -2.22. The van der Waals surface area contributed by atoms with Crippen LogP contribution in [-0.4, -0.2) is 44.8 Å². The summed E-state index contributed by atoms with van der Waals surface area (Å²) < 4.78 is 2.00. The van der Waals surface area contributed by atoms with E-state index >= 15 is 0 Å². The molecule has 0 aliphatic heterocycles. The van der Waals surface area contributed by atoms with Crippen molar-refractivity contribution in [1.29, 1.82) is 0 Å². The molecule has 0 fully saturated rings. The molecule has 9 heteroatoms. The highest BCUT2D eigenvalue weighted by Crippen LogP contribution is 2.35. The van der Waals surface area contributed by atoms with E-state index in [9.17, 15) is 14.8 Å². The molecule has 1 aromatic heterocycles. The number of aromatic amines is 1. The molecule has 30 heavy (non-hydrogen) atoms. The van der Waals surface area contributed by atoms with Crippen LogP contribution >= 0.6 is 12.2 Å². The number of hydrogen-bond acceptors (Lipinski definition) is 6. The Morgan fingerprint density at radius 3 is 2.53 bits per heavy atom. The minimum absolute atomic E-state index is 0.105. The monoisotopic (exact) mass is 419 g/mol. The fourth-order valence-electron chi connectivity index (χ4n) is 3.37. The molecular weight excluding hydrogens is 402 g/mol. The van der Waals surface area contributed by atoms with Crippen LogP contribution in [0.25, 0.3) is 27.8 Å². The Morgan fingerprint density at radius 2 is 1.87 bits per heavy atom. The summed E-state index contributed by atoms with van der Waals surface area (Å²) in [6, 6.07) is 15.4. The van der Waals surface area contributed by atoms with Crippen molar-refractivity contribution >= 4 is 34.6 Å². The molecule has 0 saturated carbocycles. The van der Waals surface area contributed by atoms with Crippen LogP contribution in [0.15, 0.2) is 59.8 Å². The fraction of sp³-hybridized carbons (Fsp3) is 0.0952. The normalized spacial score (nSPS) is 10.9. The van der Waals surface area contributed by atoms with Gasteiger partial charge in [0.1, 0.15) is 11.4 Å². The third-order valence-corrected chi connectivity index (χ3v) is 5.05. The van der Waals surface area contributed by atoms with Gasteiger partial charge in [-0.25, -0.2) is 0 Å². The lowest BCUT2D eigenvalue weighted by molar-refractivity contribution is 0.0829. The van der Waals surface area contributed by atoms with Crippen molar-refractivity contribution in [3.05, 3.63) is 69.8 Å². The van der Waals surface area contributed by atoms with Crippen LogP contribution in [0.4, 0.5) is 5.69 Å². The lowest BCUT2D eigenvalue weighted by atomic mass is 10.0. The zero-order valence-electron chi connectivity index (χ0n) is 16.2. The number of nitrogens with zero attached hydrogens (tertiary/aromatic N) is 4. The van der Waals surface area contributed by atoms with Crippen molar-refractivity contribution in [3.8, 4) is 22.8 Å². The first-order valence-corrected chi connectivity index (χ1v) is 9.41. The van der Waals surface area contributed by atoms with Gasteiger partial charge in [0.05, 0.1) is 11.3 Å². The number of phenols is 1. The summed E-state index contributed by atoms with van der Waals surface area (Å²) in [6.07, 6.45) is 0. The largest absolute Gasteiger partial charge is 0.507 e. The van der Waals surface area contributed by atoms with Crippen molar-refractivity contribution in [2.45, 2.75) is 0 Å². The number of aromatic hydroxyl groups is 1. The predicted octanol–water partition coefficient (Wildman–Crippen LogP) is 4.56. The maximum atomic E-state index is 12.6. The van der Waals surface area contributed by atoms with Crippen LogP contribution in [0.1, 0.15) is 10.4 Å². The van der Waals surface area contributed by atoms with Crippen LogP contribution in [0.2, 0.25) is 0 Å². The van der Waals surface area contributed by atoms with Crippen molar-refractivity contribution in [1.82, 2.24) is 19.7 Å². The molecule has 0 aliphatic carbocycles. The Hall–Kier alpha value is -3.85. The Balaban J connectivity index is 1.99. The van der Waals surface area contributed by atoms with E-state index in [1.165, 1.54) is 17.0 Å². The molecule has 4 rings (SSSR count). The number of carbonyl (C=O) groups excluding carboxylic acids is 1. The Kier molecular flexibility index (Phi) is 4.88. The van der Waals surface area contributed by atoms with Gasteiger partial charge < -0.3 is 10.0 Å². The van der Waals surface area contributed by atoms with Crippen molar-refractivity contribution in [3.63, 3.8) is 0 Å². The number of carbonyl (C=O) groups is 1. The maximum Gasteiger partial charge on any atom is 0.253 e. The Morgan fingerprint density at radius 1 is 1.13 bits per heavy atom. The van der Waals surface area contributed by atoms with E-state index in [1.54, 1.807) is 36.9 Å². The number of phenolic OH excluding ortho intramolecular Hbond substituents is 1. The first kappa shape index (κ1) is 19.5. The molecule has 0 atom stereocenters. The predicted molar refractivity (Wildman–Crippen MR) is 117 cm³/mol. The van der Waals surface area contributed by atoms with E-state index in [4.69, 9.17) is 12.2 Å². The van der Waals surface area contributed by atoms with E-state index in [0.29, 0.717) is 27.4 Å². The van der Waals surface area contributed by atoms with Gasteiger partial charge in [-0.05, 0) is 47.0 Å². The number of nitroso groups, excluding NO2 is 1. The van der Waals surface area contributed by atoms with Gasteiger partial charge in [-0.3, -0.25) is 14.5 Å². The van der Waals surface area contributed by atoms with Gasteiger partial charge in [-0.15, -0.1) is 4.91 Å². The topological polar surface area (TPSA) is 104 Å². The third-order valence-electron chi connectivity index (χ3n) is 4.78. The molecule has 0 radical (unpaired) electrons. The molecule has 0 aliphatic rings. The standard InChI is InChI=1S/C21H17N5O3S/c1-25(2)20(28)15-9-10-17(14-6-4-3-5-13(14)15)26-19(22-23-21(26)30)16-8-7-12(24-29)11-18(16)27/h3-11,27H,1-2H3,(H,23,30). The Bertz CT molecular complexity index is 1360. The van der Waals surface area contributed by atoms with E-state index < -0.39 is 0 Å². The summed E-state index contributed by atoms with van der Waals surface area (Å²) in [5.41, 5.74) is 1.76. The van der Waals surface area contributed by atoms with Gasteiger partial charge in [0.25, 0.3) is 5.91 Å². The van der Waals surface area contributed by atoms with E-state index in [2.05, 4.69) is 15.4 Å². The van der Waals surface area contributed by atoms with Gasteiger partial charge in [-0.1, -0.05) is 24.3 Å². The molecular formula is C21H17N5O3S. The molecule has 0 unspecified atom stereocenters. The van der Waals surface area contributed by atoms with E-state index in [1.807, 2.05) is 24.3 Å². The quantitative estimate of drug-likeness (QED) is 0.373. The second-order valence-electron chi connectivity index (χ2n) is 6.86. The van der Waals surface area contributed by atoms with Crippen LogP contribution in [0.5, 0.6) is 5.75 Å². The van der Waals surface area contributed by atoms with Crippen LogP contribution in [0, 0.1) is 9.68 Å². The summed E-state index contributed by atoms with van der Waals surface area (Å²) in [4.78, 5) is 24.9. The van der Waals surface area contributed by atoms with Gasteiger partial charge in [0.15, 0.2) is 10.6 Å². The second-order valence-corrected chi connectivity index (χ2v) is 7.24. The minimum Gasteiger partial charge on any atom is -0.507 e. The van der Waals surface area contributed by atoms with Crippen LogP contribution in [0.3, 0.4) is 0 Å². The number of aromatic nitrogens is 3. The number of amides is 1. The molecule has 4 aromatic rings. The average molecular weight is 419 g/mol. The zero-order chi connectivity index (χ0) is 21.4. The smallest absolute Gasteiger partial charge is 0.253 e. The Labute approximate surface area is 176 Å². The zero-order valence-corrected chi connectivity index (χ0v) is 17.0. The molecule has 0 spiro atoms. The molecule has 0 saturated heterocycles. The van der Waals surface area contributed by atoms with Crippen molar-refractivity contribution in [2.75, 3.05) is 14.1 Å². The molecule has 150 valence electrons. The number of rotatable bonds is 4. The van der Waals surface area contributed by atoms with Gasteiger partial charge in [0.2, 0.25) is 0 Å². The third kappa shape index (κ3) is 3.15. The summed E-state index contributed by atoms with van der Waals surface area (Å²) in [6.45, 7) is 0. The first-order chi connectivity index (χ1) is 14.4. The molecule has 2 N–H and O–H groups in total. The number of fused-ring (bicyclic) bond motifs is 1. The highest BCUT2D eigenvalue weighted by atomic mass is 32.1. The summed E-state index contributed by atoms with van der Waals surface area (Å²) in [5.74, 6) is 0.112. The lowest BCUT2D eigenvalue weighted by Gasteiger charge is -2.16. The number of H-pyrrole nitrogens is 1. The highest BCUT2D eigenvalue weighted by Gasteiger charge is 2.19. The molecule has 1 heterocycles. The molecule has 3 aromatic carbocycles. The van der Waals surface area contributed by atoms with Crippen molar-refractivity contribution < 1.29 is 9.90 Å². The maximum absolute atomic E-state index is 12.6. The molecule has 1 amide bonds. The first-order valence-electron chi connectivity index (χ1n) is 9.00. The van der Waals surface area contributed by atoms with Crippen LogP contribution in [-0.2, 0) is 0 Å². The van der Waals surface area contributed by atoms with Gasteiger partial charge >= 0.3 is 0 Å². The van der Waals surface area contributed by atoms with E-state index in [-0.39, 0.29) is 17.3 Å². The number of hydrogen-bond donors (Lipinski definition) is 2. The molecule has 0 bridgehead atoms. The highest BCUT2D eigenvalue weighted by molar-refractivity contribution is 7.71. The van der Waals surface area contributed by atoms with Gasteiger partial charge in [0, 0.05) is 31.1 Å². The number of nitrogens with one attached hydrogen (secondary N) is 1. The van der Waals surface area contributed by atoms with Crippen LogP contribution < -0.4 is 0 Å². The minimum atomic E-state index is -0.147. The molecule has 8 nitrogen and oxygen atoms in total. The van der Waals surface area contributed by atoms with Crippen molar-refractivity contribution in [2.24, 2.45) is 5.18 Å². The SMILES string of the molecule is CN(C)C(=O)c1ccc(-n2c(-c3ccc(N=O)cc3O)n[nH]c2=S)c2ccccc12. The second kappa shape index (κ2) is 7.53.